The SMILES string of the molecule is O=C(O)CC1C(=O)NCCN1Cc1sccc1Br. The lowest BCUT2D eigenvalue weighted by molar-refractivity contribution is -0.143. The van der Waals surface area contributed by atoms with Crippen molar-refractivity contribution in [2.24, 2.45) is 0 Å². The van der Waals surface area contributed by atoms with E-state index in [1.54, 1.807) is 11.3 Å². The Hall–Kier alpha value is -0.920. The molecule has 1 atom stereocenters. The molecule has 1 amide bonds. The van der Waals surface area contributed by atoms with E-state index in [1.165, 1.54) is 0 Å². The molecule has 1 aromatic rings. The number of hydrogen-bond donors (Lipinski definition) is 2. The number of carbonyl (C=O) groups excluding carboxylic acids is 1. The molecule has 1 saturated heterocycles. The first-order chi connectivity index (χ1) is 8.58. The van der Waals surface area contributed by atoms with Gasteiger partial charge in [-0.25, -0.2) is 0 Å². The fraction of sp³-hybridized carbons (Fsp3) is 0.455. The number of carboxylic acids is 1. The van der Waals surface area contributed by atoms with Gasteiger partial charge in [0.15, 0.2) is 0 Å². The number of hydrogen-bond acceptors (Lipinski definition) is 4. The lowest BCUT2D eigenvalue weighted by Crippen LogP contribution is -2.55. The standard InChI is InChI=1S/C11H13BrN2O3S/c12-7-1-4-18-9(7)6-14-3-2-13-11(17)8(14)5-10(15)16/h1,4,8H,2-3,5-6H2,(H,13,17)(H,15,16). The summed E-state index contributed by atoms with van der Waals surface area (Å²) in [4.78, 5) is 25.6. The van der Waals surface area contributed by atoms with Crippen LogP contribution >= 0.6 is 27.3 Å². The fourth-order valence-electron chi connectivity index (χ4n) is 1.96. The van der Waals surface area contributed by atoms with Gasteiger partial charge in [0, 0.05) is 29.0 Å². The monoisotopic (exact) mass is 332 g/mol. The third-order valence-corrected chi connectivity index (χ3v) is 4.76. The molecule has 1 aliphatic rings. The summed E-state index contributed by atoms with van der Waals surface area (Å²) < 4.78 is 1.01. The predicted octanol–water partition coefficient (Wildman–Crippen LogP) is 1.29. The number of thiophene rings is 1. The Kier molecular flexibility index (Phi) is 4.36. The molecule has 0 radical (unpaired) electrons. The maximum Gasteiger partial charge on any atom is 0.305 e. The highest BCUT2D eigenvalue weighted by Gasteiger charge is 2.31. The largest absolute Gasteiger partial charge is 0.481 e. The Morgan fingerprint density at radius 2 is 2.44 bits per heavy atom. The number of rotatable bonds is 4. The van der Waals surface area contributed by atoms with Crippen LogP contribution in [0.25, 0.3) is 0 Å². The molecule has 18 heavy (non-hydrogen) atoms. The highest BCUT2D eigenvalue weighted by Crippen LogP contribution is 2.25. The number of carboxylic acid groups (broad SMARTS) is 1. The van der Waals surface area contributed by atoms with E-state index in [0.717, 1.165) is 9.35 Å². The van der Waals surface area contributed by atoms with Gasteiger partial charge in [-0.1, -0.05) is 0 Å². The normalized spacial score (nSPS) is 20.7. The van der Waals surface area contributed by atoms with E-state index in [-0.39, 0.29) is 12.3 Å². The second-order valence-electron chi connectivity index (χ2n) is 4.07. The van der Waals surface area contributed by atoms with Gasteiger partial charge >= 0.3 is 5.97 Å². The van der Waals surface area contributed by atoms with Gasteiger partial charge in [-0.05, 0) is 27.4 Å². The molecule has 1 unspecified atom stereocenters. The number of nitrogens with zero attached hydrogens (tertiary/aromatic N) is 1. The van der Waals surface area contributed by atoms with E-state index in [2.05, 4.69) is 21.2 Å². The van der Waals surface area contributed by atoms with Gasteiger partial charge in [0.1, 0.15) is 6.04 Å². The van der Waals surface area contributed by atoms with Crippen LogP contribution in [0, 0.1) is 0 Å². The molecule has 98 valence electrons. The number of aliphatic carboxylic acids is 1. The van der Waals surface area contributed by atoms with Crippen molar-refractivity contribution in [3.8, 4) is 0 Å². The first kappa shape index (κ1) is 13.5. The van der Waals surface area contributed by atoms with Gasteiger partial charge in [0.25, 0.3) is 0 Å². The second kappa shape index (κ2) is 5.81. The van der Waals surface area contributed by atoms with E-state index < -0.39 is 12.0 Å². The molecule has 7 heteroatoms. The van der Waals surface area contributed by atoms with Gasteiger partial charge < -0.3 is 10.4 Å². The summed E-state index contributed by atoms with van der Waals surface area (Å²) in [7, 11) is 0. The van der Waals surface area contributed by atoms with Crippen molar-refractivity contribution in [2.75, 3.05) is 13.1 Å². The maximum absolute atomic E-state index is 11.7. The molecule has 0 bridgehead atoms. The highest BCUT2D eigenvalue weighted by atomic mass is 79.9. The molecule has 0 aliphatic carbocycles. The molecule has 0 saturated carbocycles. The van der Waals surface area contributed by atoms with Crippen molar-refractivity contribution in [1.29, 1.82) is 0 Å². The number of amides is 1. The average Bonchev–Trinajstić information content (AvgIpc) is 2.69. The smallest absolute Gasteiger partial charge is 0.305 e. The Morgan fingerprint density at radius 1 is 1.67 bits per heavy atom. The summed E-state index contributed by atoms with van der Waals surface area (Å²) in [5.41, 5.74) is 0. The zero-order valence-electron chi connectivity index (χ0n) is 9.56. The average molecular weight is 333 g/mol. The van der Waals surface area contributed by atoms with Crippen LogP contribution in [0.4, 0.5) is 0 Å². The van der Waals surface area contributed by atoms with Crippen LogP contribution < -0.4 is 5.32 Å². The van der Waals surface area contributed by atoms with Crippen LogP contribution in [0.3, 0.4) is 0 Å². The van der Waals surface area contributed by atoms with Gasteiger partial charge in [0.05, 0.1) is 6.42 Å². The zero-order chi connectivity index (χ0) is 13.1. The summed E-state index contributed by atoms with van der Waals surface area (Å²) in [5.74, 6) is -1.15. The molecule has 2 rings (SSSR count). The number of halogens is 1. The first-order valence-electron chi connectivity index (χ1n) is 5.53. The second-order valence-corrected chi connectivity index (χ2v) is 5.92. The van der Waals surface area contributed by atoms with Crippen LogP contribution in [0.15, 0.2) is 15.9 Å². The van der Waals surface area contributed by atoms with Gasteiger partial charge in [-0.3, -0.25) is 14.5 Å². The summed E-state index contributed by atoms with van der Waals surface area (Å²) in [6.07, 6.45) is -0.158. The van der Waals surface area contributed by atoms with Crippen molar-refractivity contribution < 1.29 is 14.7 Å². The third-order valence-electron chi connectivity index (χ3n) is 2.85. The molecule has 0 aromatic carbocycles. The molecule has 2 heterocycles. The number of carbonyl (C=O) groups is 2. The van der Waals surface area contributed by atoms with Crippen LogP contribution in [0.2, 0.25) is 0 Å². The Labute approximate surface area is 117 Å². The van der Waals surface area contributed by atoms with E-state index in [0.29, 0.717) is 19.6 Å². The molecule has 1 fully saturated rings. The minimum atomic E-state index is -0.952. The van der Waals surface area contributed by atoms with Crippen molar-refractivity contribution in [3.63, 3.8) is 0 Å². The van der Waals surface area contributed by atoms with Crippen molar-refractivity contribution in [2.45, 2.75) is 19.0 Å². The molecular weight excluding hydrogens is 320 g/mol. The van der Waals surface area contributed by atoms with Crippen LogP contribution in [-0.2, 0) is 16.1 Å². The van der Waals surface area contributed by atoms with Crippen molar-refractivity contribution in [1.82, 2.24) is 10.2 Å². The van der Waals surface area contributed by atoms with Crippen LogP contribution in [0.5, 0.6) is 0 Å². The van der Waals surface area contributed by atoms with Crippen molar-refractivity contribution >= 4 is 39.1 Å². The summed E-state index contributed by atoms with van der Waals surface area (Å²) in [6, 6.07) is 1.38. The lowest BCUT2D eigenvalue weighted by atomic mass is 10.1. The van der Waals surface area contributed by atoms with Crippen LogP contribution in [0.1, 0.15) is 11.3 Å². The topological polar surface area (TPSA) is 69.6 Å². The van der Waals surface area contributed by atoms with E-state index in [4.69, 9.17) is 5.11 Å². The molecule has 1 aliphatic heterocycles. The summed E-state index contributed by atoms with van der Waals surface area (Å²) in [5, 5.41) is 13.5. The Morgan fingerprint density at radius 3 is 3.06 bits per heavy atom. The minimum Gasteiger partial charge on any atom is -0.481 e. The zero-order valence-corrected chi connectivity index (χ0v) is 12.0. The molecular formula is C11H13BrN2O3S. The van der Waals surface area contributed by atoms with E-state index >= 15 is 0 Å². The highest BCUT2D eigenvalue weighted by molar-refractivity contribution is 9.10. The molecule has 5 nitrogen and oxygen atoms in total. The molecule has 1 aromatic heterocycles. The summed E-state index contributed by atoms with van der Waals surface area (Å²) >= 11 is 5.04. The van der Waals surface area contributed by atoms with Crippen LogP contribution in [-0.4, -0.2) is 41.0 Å². The Balaban J connectivity index is 2.10. The predicted molar refractivity (Wildman–Crippen MR) is 71.5 cm³/mol. The molecule has 2 N–H and O–H groups in total. The first-order valence-corrected chi connectivity index (χ1v) is 7.20. The quantitative estimate of drug-likeness (QED) is 0.871. The number of piperazine rings is 1. The van der Waals surface area contributed by atoms with Gasteiger partial charge in [-0.15, -0.1) is 11.3 Å². The minimum absolute atomic E-state index is 0.158. The van der Waals surface area contributed by atoms with Gasteiger partial charge in [-0.2, -0.15) is 0 Å². The molecule has 0 spiro atoms. The summed E-state index contributed by atoms with van der Waals surface area (Å²) in [6.45, 7) is 1.84. The Bertz CT molecular complexity index is 463. The van der Waals surface area contributed by atoms with E-state index in [9.17, 15) is 9.59 Å². The lowest BCUT2D eigenvalue weighted by Gasteiger charge is -2.33. The number of nitrogens with one attached hydrogen (secondary N) is 1. The maximum atomic E-state index is 11.7. The fourth-order valence-corrected chi connectivity index (χ4v) is 3.46. The van der Waals surface area contributed by atoms with Crippen molar-refractivity contribution in [3.05, 3.63) is 20.8 Å². The van der Waals surface area contributed by atoms with Gasteiger partial charge in [0.2, 0.25) is 5.91 Å². The third kappa shape index (κ3) is 3.09. The van der Waals surface area contributed by atoms with E-state index in [1.807, 2.05) is 16.3 Å².